The van der Waals surface area contributed by atoms with Gasteiger partial charge in [-0.25, -0.2) is 8.42 Å². The maximum Gasteiger partial charge on any atom is 0.180 e. The number of hydrogen-bond acceptors (Lipinski definition) is 3. The van der Waals surface area contributed by atoms with Crippen molar-refractivity contribution in [1.29, 1.82) is 0 Å². The second-order valence-corrected chi connectivity index (χ2v) is 5.93. The van der Waals surface area contributed by atoms with E-state index < -0.39 is 9.84 Å². The van der Waals surface area contributed by atoms with E-state index in [4.69, 9.17) is 0 Å². The van der Waals surface area contributed by atoms with Crippen LogP contribution < -0.4 is 5.32 Å². The molecule has 1 aromatic carbocycles. The van der Waals surface area contributed by atoms with Gasteiger partial charge in [-0.1, -0.05) is 31.2 Å². The van der Waals surface area contributed by atoms with Gasteiger partial charge in [0.05, 0.1) is 16.3 Å². The molecule has 0 unspecified atom stereocenters. The minimum absolute atomic E-state index is 0.126. The summed E-state index contributed by atoms with van der Waals surface area (Å²) in [6.07, 6.45) is 4.91. The van der Waals surface area contributed by atoms with Crippen LogP contribution in [0.4, 0.5) is 5.69 Å². The van der Waals surface area contributed by atoms with Crippen molar-refractivity contribution in [2.24, 2.45) is 0 Å². The normalized spacial score (nSPS) is 11.9. The van der Waals surface area contributed by atoms with Crippen LogP contribution in [0.2, 0.25) is 0 Å². The van der Waals surface area contributed by atoms with Crippen LogP contribution in [0, 0.1) is 0 Å². The van der Waals surface area contributed by atoms with Crippen molar-refractivity contribution in [3.05, 3.63) is 36.4 Å². The molecule has 3 nitrogen and oxygen atoms in total. The number of benzene rings is 1. The number of hydrogen-bond donors (Lipinski definition) is 1. The highest BCUT2D eigenvalue weighted by atomic mass is 32.2. The van der Waals surface area contributed by atoms with Crippen molar-refractivity contribution in [1.82, 2.24) is 0 Å². The van der Waals surface area contributed by atoms with Crippen LogP contribution in [0.3, 0.4) is 0 Å². The van der Waals surface area contributed by atoms with E-state index >= 15 is 0 Å². The van der Waals surface area contributed by atoms with Crippen LogP contribution in [0.1, 0.15) is 20.3 Å². The summed E-state index contributed by atoms with van der Waals surface area (Å²) in [5.41, 5.74) is 0.693. The molecule has 0 saturated carbocycles. The molecule has 1 N–H and O–H groups in total. The third-order valence-corrected chi connectivity index (χ3v) is 4.25. The van der Waals surface area contributed by atoms with E-state index in [1.54, 1.807) is 25.1 Å². The van der Waals surface area contributed by atoms with Crippen LogP contribution in [0.25, 0.3) is 0 Å². The number of para-hydroxylation sites is 1. The number of rotatable bonds is 6. The van der Waals surface area contributed by atoms with Crippen LogP contribution in [-0.2, 0) is 9.84 Å². The molecule has 0 radical (unpaired) electrons. The summed E-state index contributed by atoms with van der Waals surface area (Å²) in [7, 11) is -3.15. The van der Waals surface area contributed by atoms with Gasteiger partial charge in [0, 0.05) is 6.54 Å². The molecule has 0 aliphatic carbocycles. The number of nitrogens with one attached hydrogen (secondary N) is 1. The third kappa shape index (κ3) is 3.89. The van der Waals surface area contributed by atoms with Crippen LogP contribution >= 0.6 is 0 Å². The second-order valence-electron chi connectivity index (χ2n) is 3.68. The zero-order valence-corrected chi connectivity index (χ0v) is 11.1. The minimum Gasteiger partial charge on any atom is -0.384 e. The molecule has 4 heteroatoms. The van der Waals surface area contributed by atoms with Gasteiger partial charge in [-0.05, 0) is 25.5 Å². The molecule has 0 bridgehead atoms. The Hall–Kier alpha value is -1.29. The van der Waals surface area contributed by atoms with Gasteiger partial charge in [-0.15, -0.1) is 0 Å². The molecular weight excluding hydrogens is 234 g/mol. The van der Waals surface area contributed by atoms with Gasteiger partial charge in [0.2, 0.25) is 0 Å². The van der Waals surface area contributed by atoms with Gasteiger partial charge in [-0.2, -0.15) is 0 Å². The smallest absolute Gasteiger partial charge is 0.180 e. The second kappa shape index (κ2) is 6.45. The average Bonchev–Trinajstić information content (AvgIpc) is 2.35. The summed E-state index contributed by atoms with van der Waals surface area (Å²) in [6, 6.07) is 7.04. The van der Waals surface area contributed by atoms with Crippen molar-refractivity contribution >= 4 is 15.5 Å². The first kappa shape index (κ1) is 13.8. The summed E-state index contributed by atoms with van der Waals surface area (Å²) >= 11 is 0. The molecule has 0 fully saturated rings. The van der Waals surface area contributed by atoms with Crippen molar-refractivity contribution in [3.8, 4) is 0 Å². The van der Waals surface area contributed by atoms with E-state index in [1.807, 2.05) is 25.1 Å². The topological polar surface area (TPSA) is 46.2 Å². The SMILES string of the molecule is C/C=C/CCNc1ccccc1S(=O)(=O)CC. The van der Waals surface area contributed by atoms with Gasteiger partial charge < -0.3 is 5.32 Å². The predicted octanol–water partition coefficient (Wildman–Crippen LogP) is 2.86. The minimum atomic E-state index is -3.15. The fourth-order valence-corrected chi connectivity index (χ4v) is 2.57. The first-order valence-corrected chi connectivity index (χ1v) is 7.44. The number of anilines is 1. The maximum atomic E-state index is 11.9. The number of allylic oxidation sites excluding steroid dienone is 1. The molecule has 0 saturated heterocycles. The van der Waals surface area contributed by atoms with Crippen molar-refractivity contribution in [2.75, 3.05) is 17.6 Å². The molecule has 17 heavy (non-hydrogen) atoms. The molecule has 1 aromatic rings. The first-order chi connectivity index (χ1) is 8.11. The maximum absolute atomic E-state index is 11.9. The third-order valence-electron chi connectivity index (χ3n) is 2.46. The highest BCUT2D eigenvalue weighted by Crippen LogP contribution is 2.21. The average molecular weight is 253 g/mol. The summed E-state index contributed by atoms with van der Waals surface area (Å²) in [4.78, 5) is 0.392. The molecule has 0 spiro atoms. The molecule has 0 aromatic heterocycles. The summed E-state index contributed by atoms with van der Waals surface area (Å²) in [6.45, 7) is 4.36. The van der Waals surface area contributed by atoms with E-state index in [9.17, 15) is 8.42 Å². The Morgan fingerprint density at radius 3 is 2.65 bits per heavy atom. The van der Waals surface area contributed by atoms with Crippen LogP contribution in [0.5, 0.6) is 0 Å². The molecule has 0 amide bonds. The monoisotopic (exact) mass is 253 g/mol. The molecule has 1 rings (SSSR count). The van der Waals surface area contributed by atoms with E-state index in [-0.39, 0.29) is 5.75 Å². The van der Waals surface area contributed by atoms with Crippen LogP contribution in [-0.4, -0.2) is 20.7 Å². The largest absolute Gasteiger partial charge is 0.384 e. The molecule has 94 valence electrons. The zero-order valence-electron chi connectivity index (χ0n) is 10.3. The molecule has 0 heterocycles. The Labute approximate surface area is 103 Å². The Bertz CT molecular complexity index is 478. The van der Waals surface area contributed by atoms with Crippen LogP contribution in [0.15, 0.2) is 41.3 Å². The molecule has 0 aliphatic heterocycles. The standard InChI is InChI=1S/C13H19NO2S/c1-3-5-8-11-14-12-9-6-7-10-13(12)17(15,16)4-2/h3,5-7,9-10,14H,4,8,11H2,1-2H3/b5-3+. The lowest BCUT2D eigenvalue weighted by Gasteiger charge is -2.10. The van der Waals surface area contributed by atoms with Crippen molar-refractivity contribution in [3.63, 3.8) is 0 Å². The fourth-order valence-electron chi connectivity index (χ4n) is 1.50. The molecule has 0 aliphatic rings. The zero-order chi connectivity index (χ0) is 12.7. The van der Waals surface area contributed by atoms with Gasteiger partial charge >= 0.3 is 0 Å². The predicted molar refractivity (Wildman–Crippen MR) is 72.1 cm³/mol. The molecular formula is C13H19NO2S. The van der Waals surface area contributed by atoms with Crippen molar-refractivity contribution < 1.29 is 8.42 Å². The Morgan fingerprint density at radius 1 is 1.29 bits per heavy atom. The quantitative estimate of drug-likeness (QED) is 0.626. The summed E-state index contributed by atoms with van der Waals surface area (Å²) in [5, 5.41) is 3.16. The van der Waals surface area contributed by atoms with Gasteiger partial charge in [0.25, 0.3) is 0 Å². The van der Waals surface area contributed by atoms with Gasteiger partial charge in [-0.3, -0.25) is 0 Å². The Balaban J connectivity index is 2.86. The van der Waals surface area contributed by atoms with E-state index in [0.29, 0.717) is 10.6 Å². The van der Waals surface area contributed by atoms with Gasteiger partial charge in [0.1, 0.15) is 0 Å². The van der Waals surface area contributed by atoms with E-state index in [2.05, 4.69) is 5.32 Å². The fraction of sp³-hybridized carbons (Fsp3) is 0.385. The highest BCUT2D eigenvalue weighted by Gasteiger charge is 2.15. The van der Waals surface area contributed by atoms with E-state index in [0.717, 1.165) is 13.0 Å². The number of sulfone groups is 1. The first-order valence-electron chi connectivity index (χ1n) is 5.78. The van der Waals surface area contributed by atoms with Gasteiger partial charge in [0.15, 0.2) is 9.84 Å². The molecule has 0 atom stereocenters. The lowest BCUT2D eigenvalue weighted by molar-refractivity contribution is 0.597. The highest BCUT2D eigenvalue weighted by molar-refractivity contribution is 7.91. The van der Waals surface area contributed by atoms with Crippen molar-refractivity contribution in [2.45, 2.75) is 25.2 Å². The lowest BCUT2D eigenvalue weighted by atomic mass is 10.3. The lowest BCUT2D eigenvalue weighted by Crippen LogP contribution is -2.09. The Kier molecular flexibility index (Phi) is 5.22. The Morgan fingerprint density at radius 2 is 2.00 bits per heavy atom. The summed E-state index contributed by atoms with van der Waals surface area (Å²) < 4.78 is 23.7. The van der Waals surface area contributed by atoms with E-state index in [1.165, 1.54) is 0 Å². The summed E-state index contributed by atoms with van der Waals surface area (Å²) in [5.74, 6) is 0.126.